The molecule has 1 aromatic rings. The fraction of sp³-hybridized carbons (Fsp3) is 0.462. The van der Waals surface area contributed by atoms with Gasteiger partial charge in [0, 0.05) is 12.1 Å². The summed E-state index contributed by atoms with van der Waals surface area (Å²) in [6.45, 7) is 5.04. The summed E-state index contributed by atoms with van der Waals surface area (Å²) >= 11 is 0. The highest BCUT2D eigenvalue weighted by atomic mass is 16.3. The molecule has 0 unspecified atom stereocenters. The number of hydrogen-bond acceptors (Lipinski definition) is 3. The molecule has 4 nitrogen and oxygen atoms in total. The van der Waals surface area contributed by atoms with Crippen LogP contribution in [0, 0.1) is 5.41 Å². The Hall–Kier alpha value is -1.55. The highest BCUT2D eigenvalue weighted by Gasteiger charge is 2.16. The highest BCUT2D eigenvalue weighted by molar-refractivity contribution is 5.79. The van der Waals surface area contributed by atoms with Crippen LogP contribution in [-0.4, -0.2) is 24.1 Å². The van der Waals surface area contributed by atoms with E-state index in [9.17, 15) is 9.90 Å². The van der Waals surface area contributed by atoms with Gasteiger partial charge in [0.15, 0.2) is 0 Å². The number of rotatable bonds is 5. The Morgan fingerprint density at radius 1 is 1.41 bits per heavy atom. The van der Waals surface area contributed by atoms with Crippen molar-refractivity contribution in [1.29, 1.82) is 0 Å². The number of carbonyl (C=O) groups excluding carboxylic acids is 1. The first-order valence-electron chi connectivity index (χ1n) is 5.68. The van der Waals surface area contributed by atoms with E-state index in [1.165, 1.54) is 0 Å². The van der Waals surface area contributed by atoms with Gasteiger partial charge < -0.3 is 16.2 Å². The van der Waals surface area contributed by atoms with E-state index in [4.69, 9.17) is 5.73 Å². The summed E-state index contributed by atoms with van der Waals surface area (Å²) < 4.78 is 0. The minimum absolute atomic E-state index is 0.103. The monoisotopic (exact) mass is 236 g/mol. The number of carbonyl (C=O) groups is 1. The van der Waals surface area contributed by atoms with Gasteiger partial charge in [-0.15, -0.1) is 0 Å². The number of phenols is 1. The molecule has 0 bridgehead atoms. The van der Waals surface area contributed by atoms with Crippen LogP contribution in [-0.2, 0) is 11.2 Å². The summed E-state index contributed by atoms with van der Waals surface area (Å²) in [5.74, 6) is 0.0498. The predicted octanol–water partition coefficient (Wildman–Crippen LogP) is 1.04. The molecule has 0 heterocycles. The molecule has 4 heteroatoms. The lowest BCUT2D eigenvalue weighted by Crippen LogP contribution is -2.39. The zero-order valence-electron chi connectivity index (χ0n) is 10.4. The van der Waals surface area contributed by atoms with Crippen molar-refractivity contribution in [2.24, 2.45) is 11.1 Å². The molecule has 0 aliphatic carbocycles. The van der Waals surface area contributed by atoms with Crippen molar-refractivity contribution in [2.45, 2.75) is 20.3 Å². The van der Waals surface area contributed by atoms with E-state index in [-0.39, 0.29) is 23.5 Å². The van der Waals surface area contributed by atoms with E-state index in [0.29, 0.717) is 18.7 Å². The molecule has 0 spiro atoms. The predicted molar refractivity (Wildman–Crippen MR) is 67.7 cm³/mol. The standard InChI is InChI=1S/C13H20N2O2/c1-13(2,8-14)9-15-12(17)7-10-5-3-4-6-11(10)16/h3-6,16H,7-9,14H2,1-2H3,(H,15,17). The number of hydrogen-bond donors (Lipinski definition) is 3. The molecule has 94 valence electrons. The topological polar surface area (TPSA) is 75.3 Å². The lowest BCUT2D eigenvalue weighted by molar-refractivity contribution is -0.120. The van der Waals surface area contributed by atoms with Crippen molar-refractivity contribution in [3.05, 3.63) is 29.8 Å². The quantitative estimate of drug-likeness (QED) is 0.715. The van der Waals surface area contributed by atoms with E-state index >= 15 is 0 Å². The molecule has 1 aromatic carbocycles. The van der Waals surface area contributed by atoms with Crippen molar-refractivity contribution in [3.8, 4) is 5.75 Å². The number of para-hydroxylation sites is 1. The second-order valence-electron chi connectivity index (χ2n) is 4.95. The highest BCUT2D eigenvalue weighted by Crippen LogP contribution is 2.16. The van der Waals surface area contributed by atoms with E-state index in [1.807, 2.05) is 13.8 Å². The van der Waals surface area contributed by atoms with Crippen LogP contribution in [0.25, 0.3) is 0 Å². The molecular weight excluding hydrogens is 216 g/mol. The van der Waals surface area contributed by atoms with E-state index < -0.39 is 0 Å². The van der Waals surface area contributed by atoms with E-state index in [1.54, 1.807) is 24.3 Å². The number of phenolic OH excluding ortho intramolecular Hbond substituents is 1. The van der Waals surface area contributed by atoms with Crippen molar-refractivity contribution in [3.63, 3.8) is 0 Å². The maximum absolute atomic E-state index is 11.7. The Morgan fingerprint density at radius 2 is 2.06 bits per heavy atom. The molecule has 0 aliphatic rings. The summed E-state index contributed by atoms with van der Waals surface area (Å²) in [5.41, 5.74) is 6.11. The molecule has 1 amide bonds. The van der Waals surface area contributed by atoms with Gasteiger partial charge in [0.2, 0.25) is 5.91 Å². The minimum atomic E-state index is -0.104. The number of benzene rings is 1. The molecule has 0 saturated carbocycles. The fourth-order valence-corrected chi connectivity index (χ4v) is 1.31. The molecule has 0 aliphatic heterocycles. The molecule has 0 atom stereocenters. The van der Waals surface area contributed by atoms with Crippen LogP contribution in [0.5, 0.6) is 5.75 Å². The number of aromatic hydroxyl groups is 1. The van der Waals surface area contributed by atoms with Crippen molar-refractivity contribution in [1.82, 2.24) is 5.32 Å². The third kappa shape index (κ3) is 4.44. The Labute approximate surface area is 102 Å². The second-order valence-corrected chi connectivity index (χ2v) is 4.95. The summed E-state index contributed by atoms with van der Waals surface area (Å²) in [4.78, 5) is 11.7. The van der Waals surface area contributed by atoms with Gasteiger partial charge in [-0.25, -0.2) is 0 Å². The van der Waals surface area contributed by atoms with Gasteiger partial charge >= 0.3 is 0 Å². The van der Waals surface area contributed by atoms with E-state index in [2.05, 4.69) is 5.32 Å². The maximum Gasteiger partial charge on any atom is 0.224 e. The number of nitrogens with two attached hydrogens (primary N) is 1. The first-order valence-corrected chi connectivity index (χ1v) is 5.68. The summed E-state index contributed by atoms with van der Waals surface area (Å²) in [7, 11) is 0. The number of nitrogens with one attached hydrogen (secondary N) is 1. The SMILES string of the molecule is CC(C)(CN)CNC(=O)Cc1ccccc1O. The molecule has 1 rings (SSSR count). The Morgan fingerprint density at radius 3 is 2.65 bits per heavy atom. The van der Waals surface area contributed by atoms with Gasteiger partial charge in [0.1, 0.15) is 5.75 Å². The zero-order chi connectivity index (χ0) is 12.9. The molecule has 0 radical (unpaired) electrons. The van der Waals surface area contributed by atoms with Gasteiger partial charge in [-0.2, -0.15) is 0 Å². The van der Waals surface area contributed by atoms with Gasteiger partial charge in [0.25, 0.3) is 0 Å². The Bertz CT molecular complexity index is 389. The van der Waals surface area contributed by atoms with Gasteiger partial charge in [0.05, 0.1) is 6.42 Å². The third-order valence-electron chi connectivity index (χ3n) is 2.66. The molecule has 0 fully saturated rings. The fourth-order valence-electron chi connectivity index (χ4n) is 1.31. The largest absolute Gasteiger partial charge is 0.508 e. The van der Waals surface area contributed by atoms with E-state index in [0.717, 1.165) is 0 Å². The van der Waals surface area contributed by atoms with Gasteiger partial charge in [-0.05, 0) is 18.0 Å². The van der Waals surface area contributed by atoms with Crippen molar-refractivity contribution < 1.29 is 9.90 Å². The molecule has 0 aromatic heterocycles. The molecule has 17 heavy (non-hydrogen) atoms. The van der Waals surface area contributed by atoms with Crippen LogP contribution in [0.4, 0.5) is 0 Å². The first kappa shape index (κ1) is 13.5. The van der Waals surface area contributed by atoms with Gasteiger partial charge in [-0.3, -0.25) is 4.79 Å². The van der Waals surface area contributed by atoms with Gasteiger partial charge in [-0.1, -0.05) is 32.0 Å². The number of amides is 1. The Kier molecular flexibility index (Phi) is 4.52. The lowest BCUT2D eigenvalue weighted by atomic mass is 9.94. The van der Waals surface area contributed by atoms with Crippen molar-refractivity contribution in [2.75, 3.05) is 13.1 Å². The van der Waals surface area contributed by atoms with Crippen LogP contribution in [0.1, 0.15) is 19.4 Å². The minimum Gasteiger partial charge on any atom is -0.508 e. The van der Waals surface area contributed by atoms with Crippen LogP contribution in [0.15, 0.2) is 24.3 Å². The van der Waals surface area contributed by atoms with Crippen LogP contribution < -0.4 is 11.1 Å². The van der Waals surface area contributed by atoms with Crippen LogP contribution in [0.2, 0.25) is 0 Å². The lowest BCUT2D eigenvalue weighted by Gasteiger charge is -2.22. The molecule has 0 saturated heterocycles. The average Bonchev–Trinajstić information content (AvgIpc) is 2.30. The third-order valence-corrected chi connectivity index (χ3v) is 2.66. The second kappa shape index (κ2) is 5.68. The van der Waals surface area contributed by atoms with Crippen LogP contribution >= 0.6 is 0 Å². The summed E-state index contributed by atoms with van der Waals surface area (Å²) in [6.07, 6.45) is 0.188. The first-order chi connectivity index (χ1) is 7.94. The Balaban J connectivity index is 2.48. The normalized spacial score (nSPS) is 11.2. The smallest absolute Gasteiger partial charge is 0.224 e. The van der Waals surface area contributed by atoms with Crippen molar-refractivity contribution >= 4 is 5.91 Å². The zero-order valence-corrected chi connectivity index (χ0v) is 10.4. The molecular formula is C13H20N2O2. The molecule has 4 N–H and O–H groups in total. The van der Waals surface area contributed by atoms with Crippen LogP contribution in [0.3, 0.4) is 0 Å². The summed E-state index contributed by atoms with van der Waals surface area (Å²) in [5, 5.41) is 12.4. The maximum atomic E-state index is 11.7. The summed E-state index contributed by atoms with van der Waals surface area (Å²) in [6, 6.07) is 6.84. The average molecular weight is 236 g/mol.